The SMILES string of the molecule is COC(=O)[C@@H](NC(=O)[C@@H](NC(=O)[C@H](C)N1CCC([C@H](C)NC(=O)[C@H](C)[NH3+])=C[C@@H](Cc2ccccc2)C1)C(C)C)C(C)C. The van der Waals surface area contributed by atoms with Gasteiger partial charge in [-0.05, 0) is 56.9 Å². The summed E-state index contributed by atoms with van der Waals surface area (Å²) in [6, 6.07) is 7.59. The second-order valence-electron chi connectivity index (χ2n) is 12.2. The second-order valence-corrected chi connectivity index (χ2v) is 12.2. The fourth-order valence-electron chi connectivity index (χ4n) is 5.15. The Morgan fingerprint density at radius 1 is 0.881 bits per heavy atom. The predicted octanol–water partition coefficient (Wildman–Crippen LogP) is 1.46. The highest BCUT2D eigenvalue weighted by Gasteiger charge is 2.34. The second kappa shape index (κ2) is 16.4. The Labute approximate surface area is 251 Å². The molecule has 10 nitrogen and oxygen atoms in total. The minimum Gasteiger partial charge on any atom is -0.467 e. The zero-order chi connectivity index (χ0) is 31.6. The lowest BCUT2D eigenvalue weighted by molar-refractivity contribution is -0.398. The molecule has 6 N–H and O–H groups in total. The van der Waals surface area contributed by atoms with Gasteiger partial charge in [-0.3, -0.25) is 19.3 Å². The molecule has 42 heavy (non-hydrogen) atoms. The number of benzene rings is 1. The third-order valence-corrected chi connectivity index (χ3v) is 7.90. The molecule has 0 aliphatic carbocycles. The molecule has 0 aromatic heterocycles. The summed E-state index contributed by atoms with van der Waals surface area (Å²) >= 11 is 0. The van der Waals surface area contributed by atoms with Crippen molar-refractivity contribution in [3.63, 3.8) is 0 Å². The minimum absolute atomic E-state index is 0.0956. The molecule has 10 heteroatoms. The number of quaternary nitrogens is 1. The number of methoxy groups -OCH3 is 1. The van der Waals surface area contributed by atoms with Crippen molar-refractivity contribution in [1.82, 2.24) is 20.9 Å². The maximum Gasteiger partial charge on any atom is 0.328 e. The molecule has 0 fully saturated rings. The maximum atomic E-state index is 13.6. The molecule has 0 radical (unpaired) electrons. The van der Waals surface area contributed by atoms with E-state index in [0.29, 0.717) is 19.5 Å². The van der Waals surface area contributed by atoms with Crippen LogP contribution in [0.1, 0.15) is 60.5 Å². The van der Waals surface area contributed by atoms with Crippen LogP contribution in [0.15, 0.2) is 42.0 Å². The molecule has 1 aliphatic rings. The Morgan fingerprint density at radius 3 is 2.02 bits per heavy atom. The number of hydrogen-bond donors (Lipinski definition) is 4. The monoisotopic (exact) mass is 586 g/mol. The van der Waals surface area contributed by atoms with Crippen LogP contribution < -0.4 is 21.7 Å². The largest absolute Gasteiger partial charge is 0.467 e. The summed E-state index contributed by atoms with van der Waals surface area (Å²) in [6.45, 7) is 14.3. The van der Waals surface area contributed by atoms with Gasteiger partial charge in [-0.25, -0.2) is 4.79 Å². The quantitative estimate of drug-likeness (QED) is 0.204. The van der Waals surface area contributed by atoms with Crippen molar-refractivity contribution in [2.24, 2.45) is 17.8 Å². The molecule has 1 aliphatic heterocycles. The van der Waals surface area contributed by atoms with Crippen molar-refractivity contribution >= 4 is 23.7 Å². The molecule has 6 atom stereocenters. The van der Waals surface area contributed by atoms with Crippen LogP contribution in [-0.4, -0.2) is 79.0 Å². The summed E-state index contributed by atoms with van der Waals surface area (Å²) in [7, 11) is 1.29. The zero-order valence-electron chi connectivity index (χ0n) is 26.6. The standard InChI is InChI=1S/C32H51N5O5/c1-19(2)27(31(40)36-28(20(3)4)32(41)42-8)35-30(39)23(7)37-15-14-26(22(6)34-29(38)21(5)33)17-25(18-37)16-24-12-10-9-11-13-24/h9-13,17,19-23,25,27-28H,14-16,18,33H2,1-8H3,(H,34,38)(H,35,39)(H,36,40)/p+1/t21-,22-,23-,25+,27-,28-/m0/s1. The van der Waals surface area contributed by atoms with Crippen molar-refractivity contribution in [1.29, 1.82) is 0 Å². The Balaban J connectivity index is 2.21. The van der Waals surface area contributed by atoms with E-state index in [9.17, 15) is 19.2 Å². The molecule has 0 saturated carbocycles. The van der Waals surface area contributed by atoms with Crippen LogP contribution in [-0.2, 0) is 30.3 Å². The topological polar surface area (TPSA) is 144 Å². The molecule has 1 aromatic rings. The van der Waals surface area contributed by atoms with E-state index < -0.39 is 30.0 Å². The van der Waals surface area contributed by atoms with Crippen molar-refractivity contribution in [2.75, 3.05) is 20.2 Å². The normalized spacial score (nSPS) is 19.5. The highest BCUT2D eigenvalue weighted by atomic mass is 16.5. The van der Waals surface area contributed by atoms with Gasteiger partial charge in [-0.2, -0.15) is 0 Å². The van der Waals surface area contributed by atoms with E-state index >= 15 is 0 Å². The third-order valence-electron chi connectivity index (χ3n) is 7.90. The number of amides is 3. The Bertz CT molecular complexity index is 1090. The van der Waals surface area contributed by atoms with Gasteiger partial charge in [0.05, 0.1) is 13.2 Å². The first-order valence-electron chi connectivity index (χ1n) is 15.1. The number of carbonyl (C=O) groups is 4. The average Bonchev–Trinajstić information content (AvgIpc) is 3.16. The van der Waals surface area contributed by atoms with Gasteiger partial charge in [0.25, 0.3) is 5.91 Å². The lowest BCUT2D eigenvalue weighted by Gasteiger charge is -2.32. The molecule has 2 rings (SSSR count). The first-order valence-corrected chi connectivity index (χ1v) is 15.1. The Hall–Kier alpha value is -3.24. The van der Waals surface area contributed by atoms with Crippen LogP contribution in [0, 0.1) is 17.8 Å². The van der Waals surface area contributed by atoms with E-state index in [1.807, 2.05) is 59.7 Å². The summed E-state index contributed by atoms with van der Waals surface area (Å²) in [6.07, 6.45) is 3.74. The molecule has 0 unspecified atom stereocenters. The van der Waals surface area contributed by atoms with E-state index in [-0.39, 0.29) is 41.7 Å². The van der Waals surface area contributed by atoms with Crippen LogP contribution >= 0.6 is 0 Å². The number of nitrogens with one attached hydrogen (secondary N) is 3. The Morgan fingerprint density at radius 2 is 1.48 bits per heavy atom. The number of nitrogens with zero attached hydrogens (tertiary/aromatic N) is 1. The first-order chi connectivity index (χ1) is 19.7. The number of carbonyl (C=O) groups excluding carboxylic acids is 4. The Kier molecular flexibility index (Phi) is 13.7. The lowest BCUT2D eigenvalue weighted by atomic mass is 9.94. The first kappa shape index (κ1) is 35.0. The highest BCUT2D eigenvalue weighted by molar-refractivity contribution is 5.92. The smallest absolute Gasteiger partial charge is 0.328 e. The molecule has 3 amide bonds. The van der Waals surface area contributed by atoms with E-state index in [1.165, 1.54) is 12.7 Å². The van der Waals surface area contributed by atoms with Crippen molar-refractivity contribution < 1.29 is 29.6 Å². The number of rotatable bonds is 13. The molecule has 234 valence electrons. The number of esters is 1. The average molecular weight is 587 g/mol. The van der Waals surface area contributed by atoms with Gasteiger partial charge in [0.15, 0.2) is 6.04 Å². The van der Waals surface area contributed by atoms with Gasteiger partial charge in [0.2, 0.25) is 11.8 Å². The van der Waals surface area contributed by atoms with Crippen LogP contribution in [0.3, 0.4) is 0 Å². The molecular weight excluding hydrogens is 534 g/mol. The number of hydrogen-bond acceptors (Lipinski definition) is 6. The molecular formula is C32H52N5O5+. The summed E-state index contributed by atoms with van der Waals surface area (Å²) in [5.74, 6) is -1.54. The number of ether oxygens (including phenoxy) is 1. The minimum atomic E-state index is -0.813. The van der Waals surface area contributed by atoms with Gasteiger partial charge in [0.1, 0.15) is 12.1 Å². The zero-order valence-corrected chi connectivity index (χ0v) is 26.6. The van der Waals surface area contributed by atoms with Crippen LogP contribution in [0.4, 0.5) is 0 Å². The summed E-state index contributed by atoms with van der Waals surface area (Å²) < 4.78 is 4.86. The fraction of sp³-hybridized carbons (Fsp3) is 0.625. The van der Waals surface area contributed by atoms with E-state index in [0.717, 1.165) is 12.0 Å². The van der Waals surface area contributed by atoms with Crippen molar-refractivity contribution in [2.45, 2.75) is 91.5 Å². The predicted molar refractivity (Wildman–Crippen MR) is 163 cm³/mol. The van der Waals surface area contributed by atoms with Gasteiger partial charge in [-0.15, -0.1) is 0 Å². The highest BCUT2D eigenvalue weighted by Crippen LogP contribution is 2.23. The molecule has 0 bridgehead atoms. The molecule has 1 aromatic carbocycles. The van der Waals surface area contributed by atoms with E-state index in [1.54, 1.807) is 6.92 Å². The molecule has 0 spiro atoms. The molecule has 1 heterocycles. The van der Waals surface area contributed by atoms with Gasteiger partial charge >= 0.3 is 5.97 Å². The van der Waals surface area contributed by atoms with Gasteiger partial charge < -0.3 is 26.4 Å². The van der Waals surface area contributed by atoms with Gasteiger partial charge in [0, 0.05) is 19.1 Å². The maximum absolute atomic E-state index is 13.6. The molecule has 0 saturated heterocycles. The fourth-order valence-corrected chi connectivity index (χ4v) is 5.15. The van der Waals surface area contributed by atoms with Crippen LogP contribution in [0.5, 0.6) is 0 Å². The summed E-state index contributed by atoms with van der Waals surface area (Å²) in [5, 5.41) is 8.79. The van der Waals surface area contributed by atoms with Crippen molar-refractivity contribution in [3.05, 3.63) is 47.5 Å². The van der Waals surface area contributed by atoms with Crippen LogP contribution in [0.2, 0.25) is 0 Å². The van der Waals surface area contributed by atoms with Crippen LogP contribution in [0.25, 0.3) is 0 Å². The van der Waals surface area contributed by atoms with Crippen molar-refractivity contribution in [3.8, 4) is 0 Å². The summed E-state index contributed by atoms with van der Waals surface area (Å²) in [5.41, 5.74) is 6.15. The lowest BCUT2D eigenvalue weighted by Crippen LogP contribution is -2.66. The summed E-state index contributed by atoms with van der Waals surface area (Å²) in [4.78, 5) is 53.5. The third kappa shape index (κ3) is 10.2. The van der Waals surface area contributed by atoms with Gasteiger partial charge in [-0.1, -0.05) is 69.7 Å². The van der Waals surface area contributed by atoms with E-state index in [4.69, 9.17) is 4.74 Å². The van der Waals surface area contributed by atoms with E-state index in [2.05, 4.69) is 44.8 Å².